The first-order valence-corrected chi connectivity index (χ1v) is 10.3. The molecule has 1 aliphatic heterocycles. The van der Waals surface area contributed by atoms with Crippen molar-refractivity contribution in [3.05, 3.63) is 59.4 Å². The maximum absolute atomic E-state index is 13.0. The number of aromatic nitrogens is 4. The van der Waals surface area contributed by atoms with Crippen LogP contribution in [-0.4, -0.2) is 47.2 Å². The minimum atomic E-state index is -3.33. The quantitative estimate of drug-likeness (QED) is 0.604. The van der Waals surface area contributed by atoms with E-state index in [1.165, 1.54) is 33.4 Å². The fourth-order valence-electron chi connectivity index (χ4n) is 3.13. The molecular formula is C18H16FN5O3S. The number of halogens is 1. The predicted octanol–water partition coefficient (Wildman–Crippen LogP) is 1.68. The zero-order valence-electron chi connectivity index (χ0n) is 14.9. The van der Waals surface area contributed by atoms with Crippen molar-refractivity contribution >= 4 is 21.5 Å². The van der Waals surface area contributed by atoms with E-state index >= 15 is 0 Å². The van der Waals surface area contributed by atoms with Gasteiger partial charge in [0.05, 0.1) is 11.9 Å². The van der Waals surface area contributed by atoms with Crippen LogP contribution in [0.15, 0.2) is 42.5 Å². The average molecular weight is 401 g/mol. The van der Waals surface area contributed by atoms with Crippen molar-refractivity contribution in [2.75, 3.05) is 17.1 Å². The molecule has 0 atom stereocenters. The van der Waals surface area contributed by atoms with Gasteiger partial charge in [0.2, 0.25) is 15.8 Å². The summed E-state index contributed by atoms with van der Waals surface area (Å²) in [5, 5.41) is 11.9. The maximum atomic E-state index is 13.0. The molecule has 0 bridgehead atoms. The monoisotopic (exact) mass is 401 g/mol. The minimum Gasteiger partial charge on any atom is -0.292 e. The van der Waals surface area contributed by atoms with Crippen molar-refractivity contribution in [2.45, 2.75) is 13.0 Å². The number of tetrazole rings is 1. The highest BCUT2D eigenvalue weighted by atomic mass is 32.2. The number of Topliss-reactive ketones (excluding diaryl/α,β-unsaturated/α-hetero) is 1. The van der Waals surface area contributed by atoms with Crippen LogP contribution in [0.25, 0.3) is 11.4 Å². The Hall–Kier alpha value is -3.14. The Morgan fingerprint density at radius 1 is 1.18 bits per heavy atom. The van der Waals surface area contributed by atoms with Crippen LogP contribution in [-0.2, 0) is 23.0 Å². The number of carbonyl (C=O) groups excluding carboxylic acids is 1. The third-order valence-electron chi connectivity index (χ3n) is 4.50. The van der Waals surface area contributed by atoms with Gasteiger partial charge in [0.25, 0.3) is 0 Å². The summed E-state index contributed by atoms with van der Waals surface area (Å²) in [5.41, 5.74) is 2.47. The lowest BCUT2D eigenvalue weighted by Gasteiger charge is -2.16. The van der Waals surface area contributed by atoms with Gasteiger partial charge < -0.3 is 0 Å². The fraction of sp³-hybridized carbons (Fsp3) is 0.222. The summed E-state index contributed by atoms with van der Waals surface area (Å²) >= 11 is 0. The van der Waals surface area contributed by atoms with E-state index in [-0.39, 0.29) is 18.1 Å². The first kappa shape index (κ1) is 18.2. The molecule has 1 aromatic heterocycles. The smallest absolute Gasteiger partial charge is 0.232 e. The van der Waals surface area contributed by atoms with Crippen LogP contribution < -0.4 is 4.31 Å². The van der Waals surface area contributed by atoms with Gasteiger partial charge in [-0.15, -0.1) is 10.2 Å². The topological polar surface area (TPSA) is 98.1 Å². The lowest BCUT2D eigenvalue weighted by Crippen LogP contribution is -2.27. The molecule has 1 aliphatic rings. The number of nitrogens with zero attached hydrogens (tertiary/aromatic N) is 5. The lowest BCUT2D eigenvalue weighted by molar-refractivity contribution is 0.0961. The second-order valence-corrected chi connectivity index (χ2v) is 8.41. The average Bonchev–Trinajstić information content (AvgIpc) is 3.28. The lowest BCUT2D eigenvalue weighted by atomic mass is 10.1. The van der Waals surface area contributed by atoms with Gasteiger partial charge >= 0.3 is 0 Å². The minimum absolute atomic E-state index is 0.108. The van der Waals surface area contributed by atoms with Crippen LogP contribution in [0.4, 0.5) is 10.1 Å². The Kier molecular flexibility index (Phi) is 4.42. The Labute approximate surface area is 160 Å². The third-order valence-corrected chi connectivity index (χ3v) is 5.67. The molecule has 0 unspecified atom stereocenters. The molecule has 0 amide bonds. The summed E-state index contributed by atoms with van der Waals surface area (Å²) in [6.45, 7) is 0.264. The fourth-order valence-corrected chi connectivity index (χ4v) is 4.09. The van der Waals surface area contributed by atoms with Crippen LogP contribution in [0, 0.1) is 5.82 Å². The SMILES string of the molecule is CS(=O)(=O)N1CCc2cc(C(=O)Cn3nnc(-c4ccc(F)cc4)n3)ccc21. The summed E-state index contributed by atoms with van der Waals surface area (Å²) in [5.74, 6) is -0.286. The highest BCUT2D eigenvalue weighted by Crippen LogP contribution is 2.30. The maximum Gasteiger partial charge on any atom is 0.232 e. The summed E-state index contributed by atoms with van der Waals surface area (Å²) in [4.78, 5) is 13.8. The van der Waals surface area contributed by atoms with Gasteiger partial charge in [-0.3, -0.25) is 9.10 Å². The van der Waals surface area contributed by atoms with Crippen LogP contribution >= 0.6 is 0 Å². The number of rotatable bonds is 5. The van der Waals surface area contributed by atoms with Crippen LogP contribution in [0.5, 0.6) is 0 Å². The van der Waals surface area contributed by atoms with Gasteiger partial charge in [0, 0.05) is 17.7 Å². The predicted molar refractivity (Wildman–Crippen MR) is 99.9 cm³/mol. The van der Waals surface area contributed by atoms with Gasteiger partial charge in [-0.25, -0.2) is 12.8 Å². The molecular weight excluding hydrogens is 385 g/mol. The van der Waals surface area contributed by atoms with Crippen molar-refractivity contribution in [2.24, 2.45) is 0 Å². The molecule has 0 fully saturated rings. The number of ketones is 1. The summed E-state index contributed by atoms with van der Waals surface area (Å²) in [7, 11) is -3.33. The zero-order chi connectivity index (χ0) is 19.9. The molecule has 144 valence electrons. The van der Waals surface area contributed by atoms with E-state index in [2.05, 4.69) is 15.4 Å². The zero-order valence-corrected chi connectivity index (χ0v) is 15.7. The number of fused-ring (bicyclic) bond motifs is 1. The highest BCUT2D eigenvalue weighted by molar-refractivity contribution is 7.92. The van der Waals surface area contributed by atoms with E-state index < -0.39 is 10.0 Å². The van der Waals surface area contributed by atoms with E-state index in [4.69, 9.17) is 0 Å². The molecule has 0 radical (unpaired) electrons. The second kappa shape index (κ2) is 6.79. The molecule has 8 nitrogen and oxygen atoms in total. The summed E-state index contributed by atoms with van der Waals surface area (Å²) < 4.78 is 38.0. The van der Waals surface area contributed by atoms with Gasteiger partial charge in [0.1, 0.15) is 12.4 Å². The standard InChI is InChI=1S/C18H16FN5O3S/c1-28(26,27)23-9-8-13-10-14(4-7-16(13)23)17(25)11-24-21-18(20-22-24)12-2-5-15(19)6-3-12/h2-7,10H,8-9,11H2,1H3. The summed E-state index contributed by atoms with van der Waals surface area (Å²) in [6.07, 6.45) is 1.72. The molecule has 3 aromatic rings. The number of anilines is 1. The van der Waals surface area contributed by atoms with Crippen LogP contribution in [0.3, 0.4) is 0 Å². The first-order chi connectivity index (χ1) is 13.3. The summed E-state index contributed by atoms with van der Waals surface area (Å²) in [6, 6.07) is 10.6. The van der Waals surface area contributed by atoms with Gasteiger partial charge in [-0.05, 0) is 59.7 Å². The number of hydrogen-bond acceptors (Lipinski definition) is 6. The Bertz CT molecular complexity index is 1160. The molecule has 28 heavy (non-hydrogen) atoms. The highest BCUT2D eigenvalue weighted by Gasteiger charge is 2.26. The van der Waals surface area contributed by atoms with E-state index in [9.17, 15) is 17.6 Å². The van der Waals surface area contributed by atoms with Crippen molar-refractivity contribution in [3.8, 4) is 11.4 Å². The second-order valence-electron chi connectivity index (χ2n) is 6.50. The van der Waals surface area contributed by atoms with Gasteiger partial charge in [-0.1, -0.05) is 0 Å². The molecule has 10 heteroatoms. The Morgan fingerprint density at radius 2 is 1.93 bits per heavy atom. The Morgan fingerprint density at radius 3 is 2.64 bits per heavy atom. The van der Waals surface area contributed by atoms with Crippen molar-refractivity contribution in [1.29, 1.82) is 0 Å². The molecule has 0 N–H and O–H groups in total. The van der Waals surface area contributed by atoms with Crippen molar-refractivity contribution in [3.63, 3.8) is 0 Å². The van der Waals surface area contributed by atoms with Crippen LogP contribution in [0.1, 0.15) is 15.9 Å². The van der Waals surface area contributed by atoms with E-state index in [1.807, 2.05) is 0 Å². The van der Waals surface area contributed by atoms with Crippen LogP contribution in [0.2, 0.25) is 0 Å². The van der Waals surface area contributed by atoms with Gasteiger partial charge in [-0.2, -0.15) is 4.80 Å². The van der Waals surface area contributed by atoms with Crippen molar-refractivity contribution in [1.82, 2.24) is 20.2 Å². The molecule has 0 saturated heterocycles. The first-order valence-electron chi connectivity index (χ1n) is 8.49. The largest absolute Gasteiger partial charge is 0.292 e. The number of hydrogen-bond donors (Lipinski definition) is 0. The normalized spacial score (nSPS) is 13.6. The molecule has 0 aliphatic carbocycles. The van der Waals surface area contributed by atoms with E-state index in [0.717, 1.165) is 11.8 Å². The van der Waals surface area contributed by atoms with E-state index in [1.54, 1.807) is 18.2 Å². The molecule has 4 rings (SSSR count). The molecule has 2 aromatic carbocycles. The molecule has 0 spiro atoms. The van der Waals surface area contributed by atoms with Crippen molar-refractivity contribution < 1.29 is 17.6 Å². The Balaban J connectivity index is 1.51. The molecule has 2 heterocycles. The van der Waals surface area contributed by atoms with E-state index in [0.29, 0.717) is 35.6 Å². The third kappa shape index (κ3) is 3.50. The molecule has 0 saturated carbocycles. The number of sulfonamides is 1. The number of carbonyl (C=O) groups is 1. The van der Waals surface area contributed by atoms with Gasteiger partial charge in [0.15, 0.2) is 5.78 Å². The number of benzene rings is 2.